The molecule has 1 N–H and O–H groups in total. The summed E-state index contributed by atoms with van der Waals surface area (Å²) in [7, 11) is 3.28. The van der Waals surface area contributed by atoms with E-state index in [1.807, 2.05) is 0 Å². The van der Waals surface area contributed by atoms with Crippen LogP contribution >= 0.6 is 11.6 Å². The Bertz CT molecular complexity index is 661. The molecule has 0 radical (unpaired) electrons. The summed E-state index contributed by atoms with van der Waals surface area (Å²) in [5, 5.41) is 9.83. The summed E-state index contributed by atoms with van der Waals surface area (Å²) < 4.78 is 1.52. The first-order valence-electron chi connectivity index (χ1n) is 5.63. The van der Waals surface area contributed by atoms with Gasteiger partial charge in [-0.15, -0.1) is 0 Å². The number of para-hydroxylation sites is 1. The van der Waals surface area contributed by atoms with Gasteiger partial charge in [-0.3, -0.25) is 4.79 Å². The predicted molar refractivity (Wildman–Crippen MR) is 72.6 cm³/mol. The van der Waals surface area contributed by atoms with Crippen LogP contribution in [0.4, 0.5) is 0 Å². The van der Waals surface area contributed by atoms with Crippen LogP contribution in [-0.2, 0) is 11.3 Å². The van der Waals surface area contributed by atoms with Crippen LogP contribution in [0, 0.1) is 0 Å². The predicted octanol–water partition coefficient (Wildman–Crippen LogP) is 2.08. The number of rotatable bonds is 3. The fraction of sp³-hybridized carbons (Fsp3) is 0.231. The number of likely N-dealkylation sites (N-methyl/N-ethyl adjacent to an activating group) is 1. The number of hydrogen-bond donors (Lipinski definition) is 1. The fourth-order valence-corrected chi connectivity index (χ4v) is 2.24. The molecule has 0 aliphatic carbocycles. The Balaban J connectivity index is 2.64. The Morgan fingerprint density at radius 1 is 1.32 bits per heavy atom. The molecule has 0 aliphatic heterocycles. The van der Waals surface area contributed by atoms with E-state index >= 15 is 0 Å². The summed E-state index contributed by atoms with van der Waals surface area (Å²) >= 11 is 6.11. The monoisotopic (exact) mass is 280 g/mol. The quantitative estimate of drug-likeness (QED) is 0.936. The molecule has 0 aliphatic rings. The molecule has 1 amide bonds. The lowest BCUT2D eigenvalue weighted by atomic mass is 10.2. The number of aromatic nitrogens is 1. The summed E-state index contributed by atoms with van der Waals surface area (Å²) in [5.41, 5.74) is 0.670. The SMILES string of the molecule is CN(C)C(=O)Cn1c(Cl)c(C(=O)O)c2ccccc21. The molecule has 100 valence electrons. The number of fused-ring (bicyclic) bond motifs is 1. The van der Waals surface area contributed by atoms with Crippen LogP contribution in [0.5, 0.6) is 0 Å². The Morgan fingerprint density at radius 3 is 2.53 bits per heavy atom. The molecule has 6 heteroatoms. The van der Waals surface area contributed by atoms with Gasteiger partial charge in [0.2, 0.25) is 5.91 Å². The van der Waals surface area contributed by atoms with Crippen molar-refractivity contribution in [1.29, 1.82) is 0 Å². The van der Waals surface area contributed by atoms with E-state index in [0.29, 0.717) is 10.9 Å². The smallest absolute Gasteiger partial charge is 0.339 e. The average molecular weight is 281 g/mol. The highest BCUT2D eigenvalue weighted by Crippen LogP contribution is 2.30. The van der Waals surface area contributed by atoms with Gasteiger partial charge in [0.25, 0.3) is 0 Å². The minimum Gasteiger partial charge on any atom is -0.478 e. The third-order valence-corrected chi connectivity index (χ3v) is 3.31. The second kappa shape index (κ2) is 4.93. The van der Waals surface area contributed by atoms with Crippen molar-refractivity contribution in [3.8, 4) is 0 Å². The third kappa shape index (κ3) is 2.29. The lowest BCUT2D eigenvalue weighted by Gasteiger charge is -2.12. The average Bonchev–Trinajstić information content (AvgIpc) is 2.62. The Morgan fingerprint density at radius 2 is 1.95 bits per heavy atom. The van der Waals surface area contributed by atoms with Crippen LogP contribution in [0.25, 0.3) is 10.9 Å². The second-order valence-corrected chi connectivity index (χ2v) is 4.72. The Labute approximate surface area is 115 Å². The van der Waals surface area contributed by atoms with Crippen LogP contribution in [0.2, 0.25) is 5.15 Å². The molecule has 0 unspecified atom stereocenters. The summed E-state index contributed by atoms with van der Waals surface area (Å²) in [4.78, 5) is 24.5. The first-order chi connectivity index (χ1) is 8.93. The molecule has 1 heterocycles. The number of nitrogens with zero attached hydrogens (tertiary/aromatic N) is 2. The maximum absolute atomic E-state index is 11.8. The van der Waals surface area contributed by atoms with Gasteiger partial charge in [-0.2, -0.15) is 0 Å². The molecule has 2 rings (SSSR count). The number of carbonyl (C=O) groups is 2. The van der Waals surface area contributed by atoms with Gasteiger partial charge in [-0.05, 0) is 6.07 Å². The molecular formula is C13H13ClN2O3. The third-order valence-electron chi connectivity index (χ3n) is 2.91. The maximum atomic E-state index is 11.8. The minimum absolute atomic E-state index is 0.0135. The van der Waals surface area contributed by atoms with Crippen molar-refractivity contribution >= 4 is 34.4 Å². The van der Waals surface area contributed by atoms with E-state index in [1.54, 1.807) is 38.4 Å². The molecule has 2 aromatic rings. The highest BCUT2D eigenvalue weighted by Gasteiger charge is 2.22. The molecule has 1 aromatic heterocycles. The van der Waals surface area contributed by atoms with E-state index in [-0.39, 0.29) is 23.2 Å². The van der Waals surface area contributed by atoms with E-state index in [9.17, 15) is 14.7 Å². The summed E-state index contributed by atoms with van der Waals surface area (Å²) in [6.45, 7) is 0.0135. The van der Waals surface area contributed by atoms with E-state index in [4.69, 9.17) is 11.6 Å². The van der Waals surface area contributed by atoms with Crippen LogP contribution in [0.1, 0.15) is 10.4 Å². The van der Waals surface area contributed by atoms with E-state index in [0.717, 1.165) is 0 Å². The van der Waals surface area contributed by atoms with Gasteiger partial charge < -0.3 is 14.6 Å². The number of amides is 1. The molecule has 5 nitrogen and oxygen atoms in total. The Kier molecular flexibility index (Phi) is 3.48. The van der Waals surface area contributed by atoms with Crippen LogP contribution in [0.15, 0.2) is 24.3 Å². The normalized spacial score (nSPS) is 10.7. The van der Waals surface area contributed by atoms with E-state index in [2.05, 4.69) is 0 Å². The maximum Gasteiger partial charge on any atom is 0.339 e. The second-order valence-electron chi connectivity index (χ2n) is 4.36. The van der Waals surface area contributed by atoms with Gasteiger partial charge in [0.05, 0.1) is 5.52 Å². The van der Waals surface area contributed by atoms with Gasteiger partial charge in [-0.25, -0.2) is 4.79 Å². The molecule has 0 atom stereocenters. The molecule has 0 saturated heterocycles. The zero-order valence-electron chi connectivity index (χ0n) is 10.6. The van der Waals surface area contributed by atoms with Crippen molar-refractivity contribution in [2.45, 2.75) is 6.54 Å². The standard InChI is InChI=1S/C13H13ClN2O3/c1-15(2)10(17)7-16-9-6-4-3-5-8(9)11(12(16)14)13(18)19/h3-6H,7H2,1-2H3,(H,18,19). The zero-order chi connectivity index (χ0) is 14.2. The van der Waals surface area contributed by atoms with Crippen molar-refractivity contribution in [2.75, 3.05) is 14.1 Å². The number of carboxylic acids is 1. The topological polar surface area (TPSA) is 62.5 Å². The molecule has 0 saturated carbocycles. The van der Waals surface area contributed by atoms with Crippen molar-refractivity contribution in [1.82, 2.24) is 9.47 Å². The lowest BCUT2D eigenvalue weighted by molar-refractivity contribution is -0.129. The van der Waals surface area contributed by atoms with Gasteiger partial charge in [0, 0.05) is 19.5 Å². The van der Waals surface area contributed by atoms with Gasteiger partial charge in [0.15, 0.2) is 0 Å². The summed E-state index contributed by atoms with van der Waals surface area (Å²) in [6.07, 6.45) is 0. The minimum atomic E-state index is -1.10. The summed E-state index contributed by atoms with van der Waals surface area (Å²) in [5.74, 6) is -1.25. The number of benzene rings is 1. The molecule has 0 spiro atoms. The number of aromatic carboxylic acids is 1. The van der Waals surface area contributed by atoms with Gasteiger partial charge in [-0.1, -0.05) is 29.8 Å². The van der Waals surface area contributed by atoms with Crippen molar-refractivity contribution in [3.63, 3.8) is 0 Å². The van der Waals surface area contributed by atoms with Crippen LogP contribution in [-0.4, -0.2) is 40.5 Å². The Hall–Kier alpha value is -2.01. The fourth-order valence-electron chi connectivity index (χ4n) is 1.91. The van der Waals surface area contributed by atoms with E-state index in [1.165, 1.54) is 9.47 Å². The highest BCUT2D eigenvalue weighted by molar-refractivity contribution is 6.35. The van der Waals surface area contributed by atoms with Crippen molar-refractivity contribution in [3.05, 3.63) is 35.0 Å². The molecular weight excluding hydrogens is 268 g/mol. The van der Waals surface area contributed by atoms with Crippen LogP contribution in [0.3, 0.4) is 0 Å². The summed E-state index contributed by atoms with van der Waals surface area (Å²) in [6, 6.07) is 6.95. The molecule has 1 aromatic carbocycles. The largest absolute Gasteiger partial charge is 0.478 e. The first-order valence-corrected chi connectivity index (χ1v) is 6.01. The van der Waals surface area contributed by atoms with Gasteiger partial charge >= 0.3 is 5.97 Å². The molecule has 19 heavy (non-hydrogen) atoms. The molecule has 0 bridgehead atoms. The zero-order valence-corrected chi connectivity index (χ0v) is 11.3. The number of hydrogen-bond acceptors (Lipinski definition) is 2. The number of carbonyl (C=O) groups excluding carboxylic acids is 1. The van der Waals surface area contributed by atoms with Crippen molar-refractivity contribution in [2.24, 2.45) is 0 Å². The highest BCUT2D eigenvalue weighted by atomic mass is 35.5. The number of halogens is 1. The molecule has 0 fully saturated rings. The van der Waals surface area contributed by atoms with Crippen LogP contribution < -0.4 is 0 Å². The van der Waals surface area contributed by atoms with Crippen molar-refractivity contribution < 1.29 is 14.7 Å². The first kappa shape index (κ1) is 13.4. The van der Waals surface area contributed by atoms with Gasteiger partial charge in [0.1, 0.15) is 17.3 Å². The lowest BCUT2D eigenvalue weighted by Crippen LogP contribution is -2.26. The van der Waals surface area contributed by atoms with E-state index < -0.39 is 5.97 Å². The number of carboxylic acid groups (broad SMARTS) is 1.